The van der Waals surface area contributed by atoms with Crippen LogP contribution in [0.25, 0.3) is 0 Å². The highest BCUT2D eigenvalue weighted by Crippen LogP contribution is 2.24. The minimum Gasteiger partial charge on any atom is -0.334 e. The number of aromatic nitrogens is 2. The summed E-state index contributed by atoms with van der Waals surface area (Å²) in [5.41, 5.74) is 4.15. The summed E-state index contributed by atoms with van der Waals surface area (Å²) in [4.78, 5) is 26.0. The van der Waals surface area contributed by atoms with E-state index in [9.17, 15) is 9.59 Å². The Hall–Kier alpha value is -1.95. The average Bonchev–Trinajstić information content (AvgIpc) is 2.49. The summed E-state index contributed by atoms with van der Waals surface area (Å²) in [6.45, 7) is 4.94. The van der Waals surface area contributed by atoms with Crippen molar-refractivity contribution in [2.45, 2.75) is 26.8 Å². The number of carbonyl (C=O) groups excluding carboxylic acids is 1. The predicted octanol–water partition coefficient (Wildman–Crippen LogP) is 2.35. The summed E-state index contributed by atoms with van der Waals surface area (Å²) < 4.78 is 1.00. The molecule has 2 heterocycles. The topological polar surface area (TPSA) is 66.1 Å². The molecule has 6 heteroatoms. The summed E-state index contributed by atoms with van der Waals surface area (Å²) >= 11 is 3.48. The Morgan fingerprint density at radius 1 is 1.27 bits per heavy atom. The van der Waals surface area contributed by atoms with Crippen LogP contribution in [0.3, 0.4) is 0 Å². The number of H-pyrrole nitrogens is 1. The maximum atomic E-state index is 12.8. The smallest absolute Gasteiger partial charge is 0.264 e. The van der Waals surface area contributed by atoms with E-state index in [2.05, 4.69) is 26.1 Å². The molecule has 0 radical (unpaired) electrons. The first kappa shape index (κ1) is 15.0. The van der Waals surface area contributed by atoms with Crippen molar-refractivity contribution < 1.29 is 4.79 Å². The molecule has 0 spiro atoms. The number of nitrogens with one attached hydrogen (secondary N) is 1. The normalized spacial score (nSPS) is 13.9. The standard InChI is InChI=1S/C16H16BrN3O2/c1-9-6-13(17)10(2)5-12(9)16(22)20-4-3-14-11(8-20)7-15(21)19-18-14/h5-7H,3-4,8H2,1-2H3,(H,19,21). The maximum absolute atomic E-state index is 12.8. The number of halogens is 1. The molecule has 1 aliphatic heterocycles. The van der Waals surface area contributed by atoms with Crippen LogP contribution < -0.4 is 5.56 Å². The van der Waals surface area contributed by atoms with E-state index in [1.165, 1.54) is 6.07 Å². The molecule has 0 bridgehead atoms. The Labute approximate surface area is 136 Å². The van der Waals surface area contributed by atoms with Crippen LogP contribution in [0, 0.1) is 13.8 Å². The first-order chi connectivity index (χ1) is 10.5. The molecular weight excluding hydrogens is 346 g/mol. The summed E-state index contributed by atoms with van der Waals surface area (Å²) in [5, 5.41) is 6.49. The molecule has 2 aromatic rings. The van der Waals surface area contributed by atoms with Gasteiger partial charge in [-0.15, -0.1) is 0 Å². The molecule has 1 aromatic heterocycles. The van der Waals surface area contributed by atoms with E-state index in [4.69, 9.17) is 0 Å². The van der Waals surface area contributed by atoms with E-state index >= 15 is 0 Å². The Kier molecular flexibility index (Phi) is 3.87. The third-order valence-electron chi connectivity index (χ3n) is 3.98. The molecule has 3 rings (SSSR count). The first-order valence-corrected chi connectivity index (χ1v) is 7.88. The van der Waals surface area contributed by atoms with Crippen LogP contribution in [-0.4, -0.2) is 27.5 Å². The van der Waals surface area contributed by atoms with Gasteiger partial charge in [0.05, 0.1) is 5.69 Å². The lowest BCUT2D eigenvalue weighted by molar-refractivity contribution is 0.0732. The van der Waals surface area contributed by atoms with Gasteiger partial charge < -0.3 is 4.90 Å². The van der Waals surface area contributed by atoms with Gasteiger partial charge in [-0.2, -0.15) is 5.10 Å². The molecule has 0 unspecified atom stereocenters. The van der Waals surface area contributed by atoms with Crippen molar-refractivity contribution in [3.05, 3.63) is 61.0 Å². The molecule has 1 amide bonds. The molecule has 1 aromatic carbocycles. The average molecular weight is 362 g/mol. The molecule has 1 aliphatic rings. The van der Waals surface area contributed by atoms with Crippen LogP contribution in [0.4, 0.5) is 0 Å². The van der Waals surface area contributed by atoms with E-state index in [1.54, 1.807) is 4.90 Å². The second-order valence-corrected chi connectivity index (χ2v) is 6.45. The fourth-order valence-electron chi connectivity index (χ4n) is 2.70. The third kappa shape index (κ3) is 2.70. The summed E-state index contributed by atoms with van der Waals surface area (Å²) in [7, 11) is 0. The van der Waals surface area contributed by atoms with Gasteiger partial charge >= 0.3 is 0 Å². The van der Waals surface area contributed by atoms with Gasteiger partial charge in [0, 0.05) is 41.2 Å². The molecule has 0 saturated carbocycles. The van der Waals surface area contributed by atoms with Gasteiger partial charge in [0.2, 0.25) is 0 Å². The van der Waals surface area contributed by atoms with E-state index in [-0.39, 0.29) is 11.5 Å². The van der Waals surface area contributed by atoms with E-state index < -0.39 is 0 Å². The highest BCUT2D eigenvalue weighted by Gasteiger charge is 2.24. The minimum absolute atomic E-state index is 0.000897. The van der Waals surface area contributed by atoms with Gasteiger partial charge in [0.15, 0.2) is 0 Å². The van der Waals surface area contributed by atoms with Gasteiger partial charge in [0.25, 0.3) is 11.5 Å². The number of benzene rings is 1. The van der Waals surface area contributed by atoms with Crippen molar-refractivity contribution in [3.8, 4) is 0 Å². The molecule has 0 saturated heterocycles. The fourth-order valence-corrected chi connectivity index (χ4v) is 3.16. The van der Waals surface area contributed by atoms with Crippen molar-refractivity contribution in [3.63, 3.8) is 0 Å². The number of carbonyl (C=O) groups is 1. The van der Waals surface area contributed by atoms with Crippen LogP contribution >= 0.6 is 15.9 Å². The van der Waals surface area contributed by atoms with Gasteiger partial charge in [-0.3, -0.25) is 9.59 Å². The monoisotopic (exact) mass is 361 g/mol. The highest BCUT2D eigenvalue weighted by molar-refractivity contribution is 9.10. The SMILES string of the molecule is Cc1cc(C(=O)N2CCc3n[nH]c(=O)cc3C2)c(C)cc1Br. The van der Waals surface area contributed by atoms with Gasteiger partial charge in [-0.1, -0.05) is 15.9 Å². The summed E-state index contributed by atoms with van der Waals surface area (Å²) in [5.74, 6) is -0.000897. The summed E-state index contributed by atoms with van der Waals surface area (Å²) in [6.07, 6.45) is 0.659. The molecule has 1 N–H and O–H groups in total. The quantitative estimate of drug-likeness (QED) is 0.847. The highest BCUT2D eigenvalue weighted by atomic mass is 79.9. The first-order valence-electron chi connectivity index (χ1n) is 7.09. The Morgan fingerprint density at radius 3 is 2.82 bits per heavy atom. The molecule has 22 heavy (non-hydrogen) atoms. The Morgan fingerprint density at radius 2 is 2.05 bits per heavy atom. The fraction of sp³-hybridized carbons (Fsp3) is 0.312. The number of aryl methyl sites for hydroxylation is 2. The molecule has 0 atom stereocenters. The van der Waals surface area contributed by atoms with Crippen molar-refractivity contribution in [1.82, 2.24) is 15.1 Å². The lowest BCUT2D eigenvalue weighted by Crippen LogP contribution is -2.37. The second-order valence-electron chi connectivity index (χ2n) is 5.60. The number of fused-ring (bicyclic) bond motifs is 1. The summed E-state index contributed by atoms with van der Waals surface area (Å²) in [6, 6.07) is 5.40. The molecule has 0 aliphatic carbocycles. The van der Waals surface area contributed by atoms with Crippen LogP contribution in [0.1, 0.15) is 32.7 Å². The molecule has 0 fully saturated rings. The van der Waals surface area contributed by atoms with Gasteiger partial charge in [0.1, 0.15) is 0 Å². The number of hydrogen-bond donors (Lipinski definition) is 1. The maximum Gasteiger partial charge on any atom is 0.264 e. The van der Waals surface area contributed by atoms with Crippen LogP contribution in [0.2, 0.25) is 0 Å². The predicted molar refractivity (Wildman–Crippen MR) is 86.9 cm³/mol. The zero-order valence-electron chi connectivity index (χ0n) is 12.4. The Bertz CT molecular complexity index is 814. The van der Waals surface area contributed by atoms with E-state index in [0.29, 0.717) is 25.1 Å². The van der Waals surface area contributed by atoms with Crippen molar-refractivity contribution in [2.75, 3.05) is 6.54 Å². The van der Waals surface area contributed by atoms with Gasteiger partial charge in [-0.05, 0) is 37.1 Å². The zero-order valence-corrected chi connectivity index (χ0v) is 14.0. The minimum atomic E-state index is -0.233. The van der Waals surface area contributed by atoms with Crippen LogP contribution in [-0.2, 0) is 13.0 Å². The van der Waals surface area contributed by atoms with Crippen LogP contribution in [0.5, 0.6) is 0 Å². The van der Waals surface area contributed by atoms with Crippen molar-refractivity contribution >= 4 is 21.8 Å². The molecule has 114 valence electrons. The largest absolute Gasteiger partial charge is 0.334 e. The molecule has 5 nitrogen and oxygen atoms in total. The molecular formula is C16H16BrN3O2. The lowest BCUT2D eigenvalue weighted by Gasteiger charge is -2.28. The van der Waals surface area contributed by atoms with Crippen LogP contribution in [0.15, 0.2) is 27.5 Å². The number of aromatic amines is 1. The zero-order chi connectivity index (χ0) is 15.9. The third-order valence-corrected chi connectivity index (χ3v) is 4.83. The number of rotatable bonds is 1. The van der Waals surface area contributed by atoms with Gasteiger partial charge in [-0.25, -0.2) is 5.10 Å². The number of hydrogen-bond acceptors (Lipinski definition) is 3. The van der Waals surface area contributed by atoms with Crippen molar-refractivity contribution in [2.24, 2.45) is 0 Å². The number of nitrogens with zero attached hydrogens (tertiary/aromatic N) is 2. The van der Waals surface area contributed by atoms with E-state index in [1.807, 2.05) is 26.0 Å². The lowest BCUT2D eigenvalue weighted by atomic mass is 10.0. The van der Waals surface area contributed by atoms with Crippen molar-refractivity contribution in [1.29, 1.82) is 0 Å². The van der Waals surface area contributed by atoms with E-state index in [0.717, 1.165) is 26.9 Å². The second kappa shape index (κ2) is 5.68. The Balaban J connectivity index is 1.91. The number of amides is 1.